The van der Waals surface area contributed by atoms with E-state index in [1.807, 2.05) is 30.5 Å². The molecule has 122 valence electrons. The lowest BCUT2D eigenvalue weighted by molar-refractivity contribution is 0.434. The topological polar surface area (TPSA) is 28.2 Å². The number of aromatic nitrogens is 1. The molecular weight excluding hydrogens is 289 g/mol. The Bertz CT molecular complexity index is 622. The van der Waals surface area contributed by atoms with Gasteiger partial charge in [0.05, 0.1) is 5.69 Å². The molecule has 2 aromatic rings. The van der Waals surface area contributed by atoms with Crippen LogP contribution in [0.4, 0.5) is 10.1 Å². The highest BCUT2D eigenvalue weighted by atomic mass is 19.1. The molecule has 0 radical (unpaired) electrons. The molecule has 3 rings (SSSR count). The molecule has 1 fully saturated rings. The van der Waals surface area contributed by atoms with Crippen molar-refractivity contribution in [2.45, 2.75) is 32.9 Å². The highest BCUT2D eigenvalue weighted by Gasteiger charge is 2.18. The first-order valence-electron chi connectivity index (χ1n) is 8.35. The summed E-state index contributed by atoms with van der Waals surface area (Å²) in [5.41, 5.74) is 3.02. The van der Waals surface area contributed by atoms with E-state index < -0.39 is 0 Å². The van der Waals surface area contributed by atoms with Crippen LogP contribution in [0.3, 0.4) is 0 Å². The van der Waals surface area contributed by atoms with E-state index in [0.29, 0.717) is 0 Å². The zero-order valence-electron chi connectivity index (χ0n) is 13.6. The molecule has 0 atom stereocenters. The molecule has 0 saturated carbocycles. The number of halogens is 1. The number of hydrogen-bond donors (Lipinski definition) is 1. The van der Waals surface area contributed by atoms with Crippen LogP contribution in [-0.4, -0.2) is 18.1 Å². The van der Waals surface area contributed by atoms with Crippen molar-refractivity contribution in [2.24, 2.45) is 5.92 Å². The molecule has 1 aromatic heterocycles. The van der Waals surface area contributed by atoms with E-state index in [0.717, 1.165) is 61.8 Å². The Morgan fingerprint density at radius 2 is 1.96 bits per heavy atom. The Labute approximate surface area is 137 Å². The van der Waals surface area contributed by atoms with Crippen molar-refractivity contribution in [1.82, 2.24) is 10.3 Å². The Morgan fingerprint density at radius 1 is 1.17 bits per heavy atom. The van der Waals surface area contributed by atoms with Gasteiger partial charge in [0.25, 0.3) is 0 Å². The van der Waals surface area contributed by atoms with Crippen molar-refractivity contribution < 1.29 is 4.39 Å². The lowest BCUT2D eigenvalue weighted by Gasteiger charge is -2.32. The van der Waals surface area contributed by atoms with Crippen molar-refractivity contribution in [3.8, 4) is 0 Å². The van der Waals surface area contributed by atoms with Crippen LogP contribution in [-0.2, 0) is 13.1 Å². The van der Waals surface area contributed by atoms with Crippen molar-refractivity contribution >= 4 is 5.69 Å². The van der Waals surface area contributed by atoms with Crippen molar-refractivity contribution in [3.63, 3.8) is 0 Å². The number of anilines is 1. The predicted molar refractivity (Wildman–Crippen MR) is 91.8 cm³/mol. The van der Waals surface area contributed by atoms with Gasteiger partial charge in [-0.15, -0.1) is 0 Å². The predicted octanol–water partition coefficient (Wildman–Crippen LogP) is 3.75. The van der Waals surface area contributed by atoms with Gasteiger partial charge in [-0.25, -0.2) is 4.39 Å². The van der Waals surface area contributed by atoms with Gasteiger partial charge in [0, 0.05) is 38.6 Å². The van der Waals surface area contributed by atoms with E-state index in [1.54, 1.807) is 12.3 Å². The standard InChI is InChI=1S/C19H24FN3/c1-15-6-9-23(10-7-15)19-11-16(4-5-18(19)20)12-22-14-17-3-2-8-21-13-17/h2-5,8,11,13,15,22H,6-7,9-10,12,14H2,1H3. The minimum Gasteiger partial charge on any atom is -0.369 e. The summed E-state index contributed by atoms with van der Waals surface area (Å²) in [6.07, 6.45) is 5.92. The molecule has 1 aliphatic heterocycles. The summed E-state index contributed by atoms with van der Waals surface area (Å²) < 4.78 is 14.2. The van der Waals surface area contributed by atoms with Gasteiger partial charge in [-0.3, -0.25) is 4.98 Å². The van der Waals surface area contributed by atoms with Crippen molar-refractivity contribution in [3.05, 3.63) is 59.7 Å². The summed E-state index contributed by atoms with van der Waals surface area (Å²) in [6.45, 7) is 5.66. The lowest BCUT2D eigenvalue weighted by atomic mass is 9.98. The van der Waals surface area contributed by atoms with Crippen molar-refractivity contribution in [1.29, 1.82) is 0 Å². The molecule has 1 aromatic carbocycles. The number of pyridine rings is 1. The van der Waals surface area contributed by atoms with Gasteiger partial charge in [0.1, 0.15) is 5.82 Å². The maximum atomic E-state index is 14.2. The maximum absolute atomic E-state index is 14.2. The first-order chi connectivity index (χ1) is 11.2. The SMILES string of the molecule is CC1CCN(c2cc(CNCc3cccnc3)ccc2F)CC1. The van der Waals surface area contributed by atoms with Gasteiger partial charge in [-0.1, -0.05) is 19.1 Å². The van der Waals surface area contributed by atoms with Crippen LogP contribution in [0.2, 0.25) is 0 Å². The first-order valence-corrected chi connectivity index (χ1v) is 8.35. The molecular formula is C19H24FN3. The number of nitrogens with zero attached hydrogens (tertiary/aromatic N) is 2. The van der Waals surface area contributed by atoms with E-state index >= 15 is 0 Å². The van der Waals surface area contributed by atoms with Gasteiger partial charge in [-0.05, 0) is 48.1 Å². The molecule has 23 heavy (non-hydrogen) atoms. The average Bonchev–Trinajstić information content (AvgIpc) is 2.58. The van der Waals surface area contributed by atoms with Crippen LogP contribution in [0.25, 0.3) is 0 Å². The molecule has 1 aliphatic rings. The number of benzene rings is 1. The molecule has 1 N–H and O–H groups in total. The van der Waals surface area contributed by atoms with Crippen LogP contribution in [0.15, 0.2) is 42.7 Å². The second-order valence-corrected chi connectivity index (χ2v) is 6.42. The molecule has 1 saturated heterocycles. The van der Waals surface area contributed by atoms with E-state index in [4.69, 9.17) is 0 Å². The van der Waals surface area contributed by atoms with Crippen LogP contribution in [0.5, 0.6) is 0 Å². The molecule has 0 aliphatic carbocycles. The number of hydrogen-bond acceptors (Lipinski definition) is 3. The number of nitrogens with one attached hydrogen (secondary N) is 1. The van der Waals surface area contributed by atoms with Crippen LogP contribution >= 0.6 is 0 Å². The number of piperidine rings is 1. The number of rotatable bonds is 5. The fourth-order valence-corrected chi connectivity index (χ4v) is 3.01. The summed E-state index contributed by atoms with van der Waals surface area (Å²) in [5.74, 6) is 0.634. The Balaban J connectivity index is 1.61. The normalized spacial score (nSPS) is 15.8. The smallest absolute Gasteiger partial charge is 0.146 e. The second kappa shape index (κ2) is 7.55. The van der Waals surface area contributed by atoms with Gasteiger partial charge in [-0.2, -0.15) is 0 Å². The molecule has 0 amide bonds. The molecule has 0 spiro atoms. The highest BCUT2D eigenvalue weighted by Crippen LogP contribution is 2.26. The summed E-state index contributed by atoms with van der Waals surface area (Å²) in [6, 6.07) is 9.42. The molecule has 0 unspecified atom stereocenters. The Kier molecular flexibility index (Phi) is 5.23. The molecule has 0 bridgehead atoms. The lowest BCUT2D eigenvalue weighted by Crippen LogP contribution is -2.33. The zero-order valence-corrected chi connectivity index (χ0v) is 13.6. The minimum atomic E-state index is -0.115. The molecule has 3 nitrogen and oxygen atoms in total. The van der Waals surface area contributed by atoms with E-state index in [-0.39, 0.29) is 5.82 Å². The van der Waals surface area contributed by atoms with Gasteiger partial charge in [0.15, 0.2) is 0 Å². The highest BCUT2D eigenvalue weighted by molar-refractivity contribution is 5.50. The van der Waals surface area contributed by atoms with Gasteiger partial charge >= 0.3 is 0 Å². The van der Waals surface area contributed by atoms with Crippen LogP contribution < -0.4 is 10.2 Å². The largest absolute Gasteiger partial charge is 0.369 e. The van der Waals surface area contributed by atoms with Crippen LogP contribution in [0.1, 0.15) is 30.9 Å². The average molecular weight is 313 g/mol. The molecule has 4 heteroatoms. The third kappa shape index (κ3) is 4.29. The summed E-state index contributed by atoms with van der Waals surface area (Å²) in [7, 11) is 0. The summed E-state index contributed by atoms with van der Waals surface area (Å²) in [4.78, 5) is 6.29. The van der Waals surface area contributed by atoms with Gasteiger partial charge < -0.3 is 10.2 Å². The quantitative estimate of drug-likeness (QED) is 0.911. The maximum Gasteiger partial charge on any atom is 0.146 e. The Hall–Kier alpha value is -1.94. The van der Waals surface area contributed by atoms with E-state index in [2.05, 4.69) is 22.1 Å². The van der Waals surface area contributed by atoms with E-state index in [1.165, 1.54) is 0 Å². The first kappa shape index (κ1) is 15.9. The third-order valence-electron chi connectivity index (χ3n) is 4.52. The zero-order chi connectivity index (χ0) is 16.1. The second-order valence-electron chi connectivity index (χ2n) is 6.42. The van der Waals surface area contributed by atoms with E-state index in [9.17, 15) is 4.39 Å². The monoisotopic (exact) mass is 313 g/mol. The summed E-state index contributed by atoms with van der Waals surface area (Å²) in [5, 5.41) is 3.39. The fraction of sp³-hybridized carbons (Fsp3) is 0.421. The fourth-order valence-electron chi connectivity index (χ4n) is 3.01. The third-order valence-corrected chi connectivity index (χ3v) is 4.52. The minimum absolute atomic E-state index is 0.115. The van der Waals surface area contributed by atoms with Gasteiger partial charge in [0.2, 0.25) is 0 Å². The van der Waals surface area contributed by atoms with Crippen molar-refractivity contribution in [2.75, 3.05) is 18.0 Å². The molecule has 2 heterocycles. The Morgan fingerprint density at radius 3 is 2.70 bits per heavy atom. The van der Waals surface area contributed by atoms with Crippen LogP contribution in [0, 0.1) is 11.7 Å². The summed E-state index contributed by atoms with van der Waals surface area (Å²) >= 11 is 0.